The third kappa shape index (κ3) is 5.10. The molecule has 2 aromatic rings. The summed E-state index contributed by atoms with van der Waals surface area (Å²) in [6, 6.07) is 19.5. The van der Waals surface area contributed by atoms with Gasteiger partial charge in [0.2, 0.25) is 0 Å². The molecule has 2 aliphatic heterocycles. The van der Waals surface area contributed by atoms with Crippen LogP contribution in [0.4, 0.5) is 10.5 Å². The van der Waals surface area contributed by atoms with Crippen LogP contribution in [0.5, 0.6) is 5.75 Å². The van der Waals surface area contributed by atoms with E-state index in [2.05, 4.69) is 45.9 Å². The minimum atomic E-state index is -0.115. The smallest absolute Gasteiger partial charge is 0.319 e. The summed E-state index contributed by atoms with van der Waals surface area (Å²) >= 11 is 0. The number of urea groups is 1. The Morgan fingerprint density at radius 2 is 1.72 bits per heavy atom. The molecule has 2 aromatic carbocycles. The summed E-state index contributed by atoms with van der Waals surface area (Å²) in [7, 11) is 1.64. The lowest BCUT2D eigenvalue weighted by molar-refractivity contribution is 0.0280. The molecule has 4 rings (SSSR count). The van der Waals surface area contributed by atoms with E-state index in [9.17, 15) is 4.79 Å². The number of hydrogen-bond acceptors (Lipinski definition) is 3. The number of carbonyl (C=O) groups is 1. The van der Waals surface area contributed by atoms with Gasteiger partial charge in [0.25, 0.3) is 0 Å². The average molecular weight is 394 g/mol. The Hall–Kier alpha value is -2.53. The number of hydrogen-bond donors (Lipinski definition) is 2. The van der Waals surface area contributed by atoms with E-state index in [0.29, 0.717) is 12.1 Å². The number of anilines is 1. The van der Waals surface area contributed by atoms with Crippen molar-refractivity contribution < 1.29 is 9.53 Å². The van der Waals surface area contributed by atoms with Gasteiger partial charge in [-0.2, -0.15) is 0 Å². The van der Waals surface area contributed by atoms with Crippen molar-refractivity contribution >= 4 is 11.7 Å². The van der Waals surface area contributed by atoms with Crippen molar-refractivity contribution in [1.82, 2.24) is 10.2 Å². The van der Waals surface area contributed by atoms with E-state index in [1.165, 1.54) is 24.8 Å². The van der Waals surface area contributed by atoms with Crippen LogP contribution in [-0.2, 0) is 6.42 Å². The van der Waals surface area contributed by atoms with Gasteiger partial charge in [0.05, 0.1) is 7.11 Å². The van der Waals surface area contributed by atoms with Crippen molar-refractivity contribution in [3.8, 4) is 5.75 Å². The Labute approximate surface area is 173 Å². The SMILES string of the molecule is COc1ccc(NC(=O)NC2CC3CCCC(C2)N3CCc2ccccc2)cc1. The van der Waals surface area contributed by atoms with Crippen LogP contribution in [0.3, 0.4) is 0 Å². The Balaban J connectivity index is 1.30. The molecule has 2 bridgehead atoms. The van der Waals surface area contributed by atoms with Crippen LogP contribution in [0, 0.1) is 0 Å². The molecule has 0 radical (unpaired) electrons. The number of nitrogens with one attached hydrogen (secondary N) is 2. The number of piperidine rings is 2. The van der Waals surface area contributed by atoms with Crippen LogP contribution in [0.1, 0.15) is 37.7 Å². The fraction of sp³-hybridized carbons (Fsp3) is 0.458. The molecule has 2 unspecified atom stereocenters. The van der Waals surface area contributed by atoms with Crippen molar-refractivity contribution in [2.24, 2.45) is 0 Å². The summed E-state index contributed by atoms with van der Waals surface area (Å²) in [5, 5.41) is 6.16. The van der Waals surface area contributed by atoms with E-state index >= 15 is 0 Å². The standard InChI is InChI=1S/C24H31N3O2/c1-29-23-12-10-19(11-13-23)25-24(28)26-20-16-21-8-5-9-22(17-20)27(21)15-14-18-6-3-2-4-7-18/h2-4,6-7,10-13,20-22H,5,8-9,14-17H2,1H3,(H2,25,26,28). The molecule has 5 heteroatoms. The summed E-state index contributed by atoms with van der Waals surface area (Å²) in [6.45, 7) is 1.12. The maximum atomic E-state index is 12.5. The summed E-state index contributed by atoms with van der Waals surface area (Å²) in [5.41, 5.74) is 2.19. The second-order valence-electron chi connectivity index (χ2n) is 8.21. The normalized spacial score (nSPS) is 24.0. The van der Waals surface area contributed by atoms with Crippen LogP contribution in [0.15, 0.2) is 54.6 Å². The number of amides is 2. The van der Waals surface area contributed by atoms with Gasteiger partial charge in [-0.05, 0) is 61.9 Å². The number of benzene rings is 2. The summed E-state index contributed by atoms with van der Waals surface area (Å²) in [5.74, 6) is 0.784. The highest BCUT2D eigenvalue weighted by Gasteiger charge is 2.38. The Bertz CT molecular complexity index is 780. The molecule has 2 heterocycles. The Morgan fingerprint density at radius 1 is 1.03 bits per heavy atom. The largest absolute Gasteiger partial charge is 0.497 e. The van der Waals surface area contributed by atoms with Gasteiger partial charge in [-0.25, -0.2) is 4.79 Å². The lowest BCUT2D eigenvalue weighted by atomic mass is 9.81. The van der Waals surface area contributed by atoms with Gasteiger partial charge in [-0.3, -0.25) is 4.90 Å². The van der Waals surface area contributed by atoms with E-state index in [1.807, 2.05) is 24.3 Å². The van der Waals surface area contributed by atoms with Crippen molar-refractivity contribution in [2.45, 2.75) is 56.7 Å². The van der Waals surface area contributed by atoms with Gasteiger partial charge in [0.1, 0.15) is 5.75 Å². The minimum Gasteiger partial charge on any atom is -0.497 e. The zero-order valence-corrected chi connectivity index (χ0v) is 17.1. The summed E-state index contributed by atoms with van der Waals surface area (Å²) in [6.07, 6.45) is 6.97. The van der Waals surface area contributed by atoms with Crippen LogP contribution in [-0.4, -0.2) is 42.7 Å². The molecule has 0 spiro atoms. The number of ether oxygens (including phenoxy) is 1. The zero-order chi connectivity index (χ0) is 20.1. The van der Waals surface area contributed by atoms with Gasteiger partial charge >= 0.3 is 6.03 Å². The monoisotopic (exact) mass is 393 g/mol. The molecule has 29 heavy (non-hydrogen) atoms. The number of carbonyl (C=O) groups excluding carboxylic acids is 1. The predicted octanol–water partition coefficient (Wildman–Crippen LogP) is 4.44. The third-order valence-corrected chi connectivity index (χ3v) is 6.31. The quantitative estimate of drug-likeness (QED) is 0.763. The minimum absolute atomic E-state index is 0.115. The Kier molecular flexibility index (Phi) is 6.35. The third-order valence-electron chi connectivity index (χ3n) is 6.31. The molecule has 0 aliphatic carbocycles. The highest BCUT2D eigenvalue weighted by molar-refractivity contribution is 5.89. The van der Waals surface area contributed by atoms with Crippen molar-refractivity contribution in [3.63, 3.8) is 0 Å². The zero-order valence-electron chi connectivity index (χ0n) is 17.1. The molecule has 0 saturated carbocycles. The van der Waals surface area contributed by atoms with E-state index < -0.39 is 0 Å². The van der Waals surface area contributed by atoms with E-state index in [-0.39, 0.29) is 12.1 Å². The van der Waals surface area contributed by atoms with Crippen molar-refractivity contribution in [2.75, 3.05) is 19.0 Å². The van der Waals surface area contributed by atoms with Crippen LogP contribution < -0.4 is 15.4 Å². The first-order chi connectivity index (χ1) is 14.2. The molecular weight excluding hydrogens is 362 g/mol. The lowest BCUT2D eigenvalue weighted by Crippen LogP contribution is -2.57. The molecule has 2 saturated heterocycles. The highest BCUT2D eigenvalue weighted by atomic mass is 16.5. The molecule has 2 N–H and O–H groups in total. The predicted molar refractivity (Wildman–Crippen MR) is 116 cm³/mol. The fourth-order valence-electron chi connectivity index (χ4n) is 4.89. The van der Waals surface area contributed by atoms with Gasteiger partial charge in [-0.15, -0.1) is 0 Å². The highest BCUT2D eigenvalue weighted by Crippen LogP contribution is 2.34. The van der Waals surface area contributed by atoms with Gasteiger partial charge in [-0.1, -0.05) is 36.8 Å². The van der Waals surface area contributed by atoms with Crippen molar-refractivity contribution in [1.29, 1.82) is 0 Å². The fourth-order valence-corrected chi connectivity index (χ4v) is 4.89. The maximum Gasteiger partial charge on any atom is 0.319 e. The molecule has 2 atom stereocenters. The number of nitrogens with zero attached hydrogens (tertiary/aromatic N) is 1. The molecular formula is C24H31N3O2. The maximum absolute atomic E-state index is 12.5. The van der Waals surface area contributed by atoms with Crippen molar-refractivity contribution in [3.05, 3.63) is 60.2 Å². The van der Waals surface area contributed by atoms with E-state index in [0.717, 1.165) is 37.2 Å². The number of rotatable bonds is 6. The van der Waals surface area contributed by atoms with Gasteiger partial charge in [0.15, 0.2) is 0 Å². The molecule has 2 aliphatic rings. The molecule has 5 nitrogen and oxygen atoms in total. The molecule has 154 valence electrons. The van der Waals surface area contributed by atoms with Gasteiger partial charge < -0.3 is 15.4 Å². The lowest BCUT2D eigenvalue weighted by Gasteiger charge is -2.49. The summed E-state index contributed by atoms with van der Waals surface area (Å²) < 4.78 is 5.16. The van der Waals surface area contributed by atoms with Gasteiger partial charge in [0, 0.05) is 30.4 Å². The van der Waals surface area contributed by atoms with Crippen LogP contribution in [0.2, 0.25) is 0 Å². The summed E-state index contributed by atoms with van der Waals surface area (Å²) in [4.78, 5) is 15.2. The van der Waals surface area contributed by atoms with Crippen LogP contribution in [0.25, 0.3) is 0 Å². The Morgan fingerprint density at radius 3 is 2.38 bits per heavy atom. The second-order valence-corrected chi connectivity index (χ2v) is 8.21. The van der Waals surface area contributed by atoms with E-state index in [1.54, 1.807) is 7.11 Å². The first-order valence-electron chi connectivity index (χ1n) is 10.7. The molecule has 2 amide bonds. The first kappa shape index (κ1) is 19.8. The average Bonchev–Trinajstić information content (AvgIpc) is 2.73. The van der Waals surface area contributed by atoms with Crippen LogP contribution >= 0.6 is 0 Å². The van der Waals surface area contributed by atoms with E-state index in [4.69, 9.17) is 4.74 Å². The molecule has 2 fully saturated rings. The first-order valence-corrected chi connectivity index (χ1v) is 10.7. The molecule has 0 aromatic heterocycles. The topological polar surface area (TPSA) is 53.6 Å². The second kappa shape index (κ2) is 9.31. The number of fused-ring (bicyclic) bond motifs is 2. The number of methoxy groups -OCH3 is 1.